The van der Waals surface area contributed by atoms with E-state index in [1.54, 1.807) is 18.3 Å². The maximum Gasteiger partial charge on any atom is 0.264 e. The van der Waals surface area contributed by atoms with Gasteiger partial charge < -0.3 is 4.98 Å². The molecule has 2 N–H and O–H groups in total. The van der Waals surface area contributed by atoms with Gasteiger partial charge in [-0.2, -0.15) is 0 Å². The summed E-state index contributed by atoms with van der Waals surface area (Å²) in [6.45, 7) is 1.84. The van der Waals surface area contributed by atoms with Crippen LogP contribution in [0.4, 0.5) is 5.95 Å². The molecule has 0 atom stereocenters. The predicted molar refractivity (Wildman–Crippen MR) is 60.6 cm³/mol. The van der Waals surface area contributed by atoms with E-state index in [0.29, 0.717) is 0 Å². The van der Waals surface area contributed by atoms with Gasteiger partial charge in [0.15, 0.2) is 0 Å². The van der Waals surface area contributed by atoms with E-state index in [1.807, 2.05) is 13.0 Å². The Kier molecular flexibility index (Phi) is 2.66. The molecule has 6 heteroatoms. The van der Waals surface area contributed by atoms with Crippen LogP contribution in [-0.2, 0) is 10.0 Å². The number of nitrogens with one attached hydrogen (secondary N) is 2. The lowest BCUT2D eigenvalue weighted by atomic mass is 10.2. The third-order valence-corrected chi connectivity index (χ3v) is 3.37. The molecule has 1 aromatic heterocycles. The van der Waals surface area contributed by atoms with Crippen LogP contribution in [0.2, 0.25) is 0 Å². The molecule has 1 aromatic carbocycles. The lowest BCUT2D eigenvalue weighted by Gasteiger charge is -2.05. The van der Waals surface area contributed by atoms with Crippen molar-refractivity contribution in [2.75, 3.05) is 4.72 Å². The molecular weight excluding hydrogens is 226 g/mol. The van der Waals surface area contributed by atoms with Crippen molar-refractivity contribution in [2.24, 2.45) is 0 Å². The van der Waals surface area contributed by atoms with E-state index in [9.17, 15) is 8.42 Å². The van der Waals surface area contributed by atoms with Crippen molar-refractivity contribution in [3.8, 4) is 0 Å². The number of aromatic amines is 1. The largest absolute Gasteiger partial charge is 0.330 e. The molecule has 0 amide bonds. The highest BCUT2D eigenvalue weighted by Gasteiger charge is 2.14. The Hall–Kier alpha value is -1.82. The van der Waals surface area contributed by atoms with E-state index in [0.717, 1.165) is 5.56 Å². The number of imidazole rings is 1. The Bertz CT molecular complexity index is 576. The van der Waals surface area contributed by atoms with E-state index < -0.39 is 10.0 Å². The van der Waals surface area contributed by atoms with Crippen LogP contribution in [-0.4, -0.2) is 18.4 Å². The summed E-state index contributed by atoms with van der Waals surface area (Å²) < 4.78 is 26.1. The molecule has 0 radical (unpaired) electrons. The quantitative estimate of drug-likeness (QED) is 0.849. The molecular formula is C10H11N3O2S. The van der Waals surface area contributed by atoms with Crippen LogP contribution in [0.15, 0.2) is 41.6 Å². The second-order valence-electron chi connectivity index (χ2n) is 3.36. The molecule has 2 rings (SSSR count). The first-order chi connectivity index (χ1) is 7.58. The lowest BCUT2D eigenvalue weighted by molar-refractivity contribution is 0.601. The molecule has 0 aliphatic heterocycles. The van der Waals surface area contributed by atoms with Crippen molar-refractivity contribution in [3.63, 3.8) is 0 Å². The topological polar surface area (TPSA) is 74.8 Å². The number of aromatic nitrogens is 2. The van der Waals surface area contributed by atoms with Gasteiger partial charge in [0.1, 0.15) is 0 Å². The Morgan fingerprint density at radius 2 is 2.19 bits per heavy atom. The van der Waals surface area contributed by atoms with Crippen LogP contribution in [0.5, 0.6) is 0 Å². The molecule has 0 saturated heterocycles. The maximum absolute atomic E-state index is 11.9. The van der Waals surface area contributed by atoms with E-state index in [2.05, 4.69) is 14.7 Å². The third-order valence-electron chi connectivity index (χ3n) is 2.03. The van der Waals surface area contributed by atoms with Gasteiger partial charge in [0, 0.05) is 12.4 Å². The van der Waals surface area contributed by atoms with E-state index in [-0.39, 0.29) is 10.8 Å². The summed E-state index contributed by atoms with van der Waals surface area (Å²) in [6.07, 6.45) is 3.03. The van der Waals surface area contributed by atoms with Crippen molar-refractivity contribution in [3.05, 3.63) is 42.2 Å². The Morgan fingerprint density at radius 1 is 1.38 bits per heavy atom. The molecule has 0 fully saturated rings. The van der Waals surface area contributed by atoms with Crippen LogP contribution in [0.3, 0.4) is 0 Å². The van der Waals surface area contributed by atoms with Crippen LogP contribution >= 0.6 is 0 Å². The zero-order chi connectivity index (χ0) is 11.6. The van der Waals surface area contributed by atoms with E-state index in [1.165, 1.54) is 12.3 Å². The molecule has 1 heterocycles. The molecule has 16 heavy (non-hydrogen) atoms. The minimum absolute atomic E-state index is 0.210. The highest BCUT2D eigenvalue weighted by atomic mass is 32.2. The molecule has 0 bridgehead atoms. The third kappa shape index (κ3) is 2.22. The van der Waals surface area contributed by atoms with Crippen molar-refractivity contribution in [1.29, 1.82) is 0 Å². The fourth-order valence-corrected chi connectivity index (χ4v) is 2.37. The molecule has 5 nitrogen and oxygen atoms in total. The van der Waals surface area contributed by atoms with Gasteiger partial charge in [-0.05, 0) is 24.6 Å². The number of nitrogens with zero attached hydrogens (tertiary/aromatic N) is 1. The summed E-state index contributed by atoms with van der Waals surface area (Å²) >= 11 is 0. The number of benzene rings is 1. The van der Waals surface area contributed by atoms with Gasteiger partial charge in [0.2, 0.25) is 5.95 Å². The summed E-state index contributed by atoms with van der Waals surface area (Å²) in [5, 5.41) is 0. The predicted octanol–water partition coefficient (Wildman–Crippen LogP) is 1.52. The van der Waals surface area contributed by atoms with E-state index in [4.69, 9.17) is 0 Å². The van der Waals surface area contributed by atoms with Gasteiger partial charge in [-0.25, -0.2) is 18.1 Å². The molecule has 2 aromatic rings. The van der Waals surface area contributed by atoms with E-state index >= 15 is 0 Å². The highest BCUT2D eigenvalue weighted by molar-refractivity contribution is 7.92. The van der Waals surface area contributed by atoms with Gasteiger partial charge in [-0.15, -0.1) is 0 Å². The van der Waals surface area contributed by atoms with Crippen molar-refractivity contribution in [2.45, 2.75) is 11.8 Å². The van der Waals surface area contributed by atoms with Crippen molar-refractivity contribution < 1.29 is 8.42 Å². The molecule has 0 saturated carbocycles. The Morgan fingerprint density at radius 3 is 2.81 bits per heavy atom. The first kappa shape index (κ1) is 10.7. The molecule has 0 aliphatic carbocycles. The zero-order valence-corrected chi connectivity index (χ0v) is 9.45. The number of rotatable bonds is 3. The average molecular weight is 237 g/mol. The standard InChI is InChI=1S/C10H11N3O2S/c1-8-3-2-4-9(7-8)16(14,15)13-10-11-5-6-12-10/h2-7H,1H3,(H2,11,12,13). The zero-order valence-electron chi connectivity index (χ0n) is 8.64. The first-order valence-electron chi connectivity index (χ1n) is 4.67. The SMILES string of the molecule is Cc1cccc(S(=O)(=O)Nc2ncc[nH]2)c1. The minimum atomic E-state index is -3.55. The molecule has 0 unspecified atom stereocenters. The summed E-state index contributed by atoms with van der Waals surface area (Å²) in [5.74, 6) is 0.210. The van der Waals surface area contributed by atoms with Gasteiger partial charge >= 0.3 is 0 Å². The monoisotopic (exact) mass is 237 g/mol. The number of H-pyrrole nitrogens is 1. The normalized spacial score (nSPS) is 11.3. The van der Waals surface area contributed by atoms with Gasteiger partial charge in [-0.1, -0.05) is 12.1 Å². The van der Waals surface area contributed by atoms with Crippen LogP contribution in [0.1, 0.15) is 5.56 Å². The second-order valence-corrected chi connectivity index (χ2v) is 5.04. The number of hydrogen-bond acceptors (Lipinski definition) is 3. The van der Waals surface area contributed by atoms with Gasteiger partial charge in [0.25, 0.3) is 10.0 Å². The second kappa shape index (κ2) is 3.97. The smallest absolute Gasteiger partial charge is 0.264 e. The Balaban J connectivity index is 2.33. The van der Waals surface area contributed by atoms with Crippen LogP contribution in [0, 0.1) is 6.92 Å². The number of hydrogen-bond donors (Lipinski definition) is 2. The summed E-state index contributed by atoms with van der Waals surface area (Å²) in [7, 11) is -3.55. The Labute approximate surface area is 93.6 Å². The summed E-state index contributed by atoms with van der Waals surface area (Å²) in [6, 6.07) is 6.68. The van der Waals surface area contributed by atoms with Gasteiger partial charge in [0.05, 0.1) is 4.90 Å². The summed E-state index contributed by atoms with van der Waals surface area (Å²) in [4.78, 5) is 6.71. The van der Waals surface area contributed by atoms with Crippen LogP contribution < -0.4 is 4.72 Å². The number of aryl methyl sites for hydroxylation is 1. The lowest BCUT2D eigenvalue weighted by Crippen LogP contribution is -2.13. The first-order valence-corrected chi connectivity index (χ1v) is 6.15. The highest BCUT2D eigenvalue weighted by Crippen LogP contribution is 2.13. The minimum Gasteiger partial charge on any atom is -0.330 e. The number of sulfonamides is 1. The van der Waals surface area contributed by atoms with Gasteiger partial charge in [-0.3, -0.25) is 0 Å². The fraction of sp³-hybridized carbons (Fsp3) is 0.100. The summed E-state index contributed by atoms with van der Waals surface area (Å²) in [5.41, 5.74) is 0.891. The average Bonchev–Trinajstić information content (AvgIpc) is 2.70. The molecule has 84 valence electrons. The maximum atomic E-state index is 11.9. The van der Waals surface area contributed by atoms with Crippen molar-refractivity contribution >= 4 is 16.0 Å². The van der Waals surface area contributed by atoms with Crippen LogP contribution in [0.25, 0.3) is 0 Å². The molecule has 0 aliphatic rings. The van der Waals surface area contributed by atoms with Crippen molar-refractivity contribution in [1.82, 2.24) is 9.97 Å². The fourth-order valence-electron chi connectivity index (χ4n) is 1.29. The molecule has 0 spiro atoms. The number of anilines is 1.